The van der Waals surface area contributed by atoms with Crippen molar-refractivity contribution in [2.45, 2.75) is 52.0 Å². The van der Waals surface area contributed by atoms with Crippen LogP contribution in [0.4, 0.5) is 5.69 Å². The Balaban J connectivity index is 2.23. The van der Waals surface area contributed by atoms with Crippen LogP contribution in [0.5, 0.6) is 0 Å². The maximum absolute atomic E-state index is 13.3. The number of rotatable bonds is 12. The summed E-state index contributed by atoms with van der Waals surface area (Å²) in [7, 11) is 0. The Morgan fingerprint density at radius 1 is 1.06 bits per heavy atom. The molecule has 7 heteroatoms. The second-order valence-corrected chi connectivity index (χ2v) is 7.45. The van der Waals surface area contributed by atoms with Gasteiger partial charge in [0.25, 0.3) is 5.69 Å². The molecule has 1 atom stereocenters. The van der Waals surface area contributed by atoms with E-state index in [9.17, 15) is 19.7 Å². The molecule has 2 aromatic carbocycles. The summed E-state index contributed by atoms with van der Waals surface area (Å²) < 4.78 is 0. The molecular formula is C24H31N3O4. The van der Waals surface area contributed by atoms with Crippen molar-refractivity contribution < 1.29 is 14.5 Å². The molecule has 2 amide bonds. The number of amides is 2. The van der Waals surface area contributed by atoms with Crippen molar-refractivity contribution in [1.29, 1.82) is 0 Å². The van der Waals surface area contributed by atoms with Crippen molar-refractivity contribution >= 4 is 17.5 Å². The number of unbranched alkanes of at least 4 members (excludes halogenated alkanes) is 1. The van der Waals surface area contributed by atoms with Gasteiger partial charge in [-0.1, -0.05) is 68.8 Å². The van der Waals surface area contributed by atoms with E-state index in [2.05, 4.69) is 5.32 Å². The van der Waals surface area contributed by atoms with E-state index in [0.29, 0.717) is 31.5 Å². The Bertz CT molecular complexity index is 870. The molecule has 0 spiro atoms. The van der Waals surface area contributed by atoms with E-state index in [4.69, 9.17) is 0 Å². The fourth-order valence-electron chi connectivity index (χ4n) is 3.50. The molecule has 166 valence electrons. The quantitative estimate of drug-likeness (QED) is 0.317. The molecule has 0 aromatic heterocycles. The summed E-state index contributed by atoms with van der Waals surface area (Å²) in [5, 5.41) is 14.3. The first kappa shape index (κ1) is 24.1. The Morgan fingerprint density at radius 2 is 1.74 bits per heavy atom. The third kappa shape index (κ3) is 7.20. The third-order valence-corrected chi connectivity index (χ3v) is 5.23. The first-order valence-corrected chi connectivity index (χ1v) is 10.8. The number of nitrogens with zero attached hydrogens (tertiary/aromatic N) is 2. The van der Waals surface area contributed by atoms with Crippen molar-refractivity contribution in [2.24, 2.45) is 0 Å². The summed E-state index contributed by atoms with van der Waals surface area (Å²) in [5.74, 6) is -0.470. The molecule has 31 heavy (non-hydrogen) atoms. The highest BCUT2D eigenvalue weighted by Gasteiger charge is 2.29. The lowest BCUT2D eigenvalue weighted by Crippen LogP contribution is -2.50. The average molecular weight is 426 g/mol. The lowest BCUT2D eigenvalue weighted by Gasteiger charge is -2.30. The molecule has 0 saturated carbocycles. The molecular weight excluding hydrogens is 394 g/mol. The fraction of sp³-hybridized carbons (Fsp3) is 0.417. The molecule has 2 rings (SSSR count). The summed E-state index contributed by atoms with van der Waals surface area (Å²) in [5.41, 5.74) is 1.33. The van der Waals surface area contributed by atoms with Crippen LogP contribution < -0.4 is 5.32 Å². The number of benzene rings is 2. The van der Waals surface area contributed by atoms with E-state index < -0.39 is 11.0 Å². The molecule has 0 heterocycles. The highest BCUT2D eigenvalue weighted by atomic mass is 16.6. The first-order chi connectivity index (χ1) is 15.0. The van der Waals surface area contributed by atoms with Crippen LogP contribution in [0, 0.1) is 10.1 Å². The first-order valence-electron chi connectivity index (χ1n) is 10.8. The summed E-state index contributed by atoms with van der Waals surface area (Å²) in [6.07, 6.45) is 2.78. The molecule has 0 aliphatic carbocycles. The van der Waals surface area contributed by atoms with Crippen molar-refractivity contribution in [1.82, 2.24) is 10.2 Å². The second kappa shape index (κ2) is 12.5. The third-order valence-electron chi connectivity index (χ3n) is 5.23. The van der Waals surface area contributed by atoms with Crippen LogP contribution in [0.1, 0.15) is 44.2 Å². The number of hydrogen-bond acceptors (Lipinski definition) is 4. The number of hydrogen-bond donors (Lipinski definition) is 1. The molecule has 0 aliphatic heterocycles. The lowest BCUT2D eigenvalue weighted by molar-refractivity contribution is -0.385. The maximum atomic E-state index is 13.3. The lowest BCUT2D eigenvalue weighted by atomic mass is 10.1. The van der Waals surface area contributed by atoms with Gasteiger partial charge in [0.2, 0.25) is 11.8 Å². The summed E-state index contributed by atoms with van der Waals surface area (Å²) >= 11 is 0. The van der Waals surface area contributed by atoms with Gasteiger partial charge in [-0.05, 0) is 24.8 Å². The van der Waals surface area contributed by atoms with Gasteiger partial charge in [0.15, 0.2) is 0 Å². The summed E-state index contributed by atoms with van der Waals surface area (Å²) in [6.45, 7) is 4.85. The van der Waals surface area contributed by atoms with Crippen LogP contribution in [0.25, 0.3) is 0 Å². The minimum atomic E-state index is -0.615. The predicted molar refractivity (Wildman–Crippen MR) is 121 cm³/mol. The van der Waals surface area contributed by atoms with Crippen molar-refractivity contribution in [3.05, 3.63) is 75.8 Å². The van der Waals surface area contributed by atoms with Gasteiger partial charge in [-0.25, -0.2) is 0 Å². The number of para-hydroxylation sites is 1. The SMILES string of the molecule is CCCCNC(=O)[C@@H](CC)N(CCc1ccccc1)C(=O)Cc1ccccc1[N+](=O)[O-]. The molecule has 7 nitrogen and oxygen atoms in total. The van der Waals surface area contributed by atoms with Gasteiger partial charge in [0.1, 0.15) is 6.04 Å². The van der Waals surface area contributed by atoms with Gasteiger partial charge in [-0.3, -0.25) is 19.7 Å². The molecule has 0 aliphatic rings. The standard InChI is InChI=1S/C24H31N3O4/c1-3-5-16-25-24(29)21(4-2)26(17-15-19-11-7-6-8-12-19)23(28)18-20-13-9-10-14-22(20)27(30)31/h6-14,21H,3-5,15-18H2,1-2H3,(H,25,29)/t21-/m1/s1. The van der Waals surface area contributed by atoms with Crippen LogP contribution in [0.3, 0.4) is 0 Å². The van der Waals surface area contributed by atoms with E-state index in [1.165, 1.54) is 6.07 Å². The molecule has 0 radical (unpaired) electrons. The molecule has 0 unspecified atom stereocenters. The second-order valence-electron chi connectivity index (χ2n) is 7.45. The Labute approximate surface area is 183 Å². The minimum absolute atomic E-state index is 0.0840. The largest absolute Gasteiger partial charge is 0.354 e. The molecule has 0 saturated heterocycles. The minimum Gasteiger partial charge on any atom is -0.354 e. The highest BCUT2D eigenvalue weighted by molar-refractivity contribution is 5.88. The monoisotopic (exact) mass is 425 g/mol. The normalized spacial score (nSPS) is 11.5. The van der Waals surface area contributed by atoms with Gasteiger partial charge >= 0.3 is 0 Å². The summed E-state index contributed by atoms with van der Waals surface area (Å²) in [4.78, 5) is 38.5. The fourth-order valence-corrected chi connectivity index (χ4v) is 3.50. The highest BCUT2D eigenvalue weighted by Crippen LogP contribution is 2.20. The number of nitrogens with one attached hydrogen (secondary N) is 1. The predicted octanol–water partition coefficient (Wildman–Crippen LogP) is 3.90. The van der Waals surface area contributed by atoms with Crippen LogP contribution in [0.2, 0.25) is 0 Å². The van der Waals surface area contributed by atoms with E-state index in [1.807, 2.05) is 44.2 Å². The van der Waals surface area contributed by atoms with E-state index in [1.54, 1.807) is 23.1 Å². The van der Waals surface area contributed by atoms with Gasteiger partial charge in [0.05, 0.1) is 11.3 Å². The van der Waals surface area contributed by atoms with Crippen LogP contribution in [-0.4, -0.2) is 40.8 Å². The smallest absolute Gasteiger partial charge is 0.273 e. The zero-order valence-electron chi connectivity index (χ0n) is 18.3. The van der Waals surface area contributed by atoms with Crippen LogP contribution >= 0.6 is 0 Å². The van der Waals surface area contributed by atoms with Gasteiger partial charge in [-0.15, -0.1) is 0 Å². The van der Waals surface area contributed by atoms with Gasteiger partial charge < -0.3 is 10.2 Å². The maximum Gasteiger partial charge on any atom is 0.273 e. The average Bonchev–Trinajstić information content (AvgIpc) is 2.77. The zero-order valence-corrected chi connectivity index (χ0v) is 18.3. The number of carbonyl (C=O) groups excluding carboxylic acids is 2. The number of nitro benzene ring substituents is 1. The Hall–Kier alpha value is -3.22. The molecule has 0 bridgehead atoms. The van der Waals surface area contributed by atoms with Gasteiger partial charge in [-0.2, -0.15) is 0 Å². The number of nitro groups is 1. The summed E-state index contributed by atoms with van der Waals surface area (Å²) in [6, 6.07) is 15.4. The number of carbonyl (C=O) groups is 2. The van der Waals surface area contributed by atoms with Crippen LogP contribution in [0.15, 0.2) is 54.6 Å². The van der Waals surface area contributed by atoms with Crippen molar-refractivity contribution in [3.8, 4) is 0 Å². The Kier molecular flexibility index (Phi) is 9.68. The molecule has 0 fully saturated rings. The van der Waals surface area contributed by atoms with Crippen molar-refractivity contribution in [3.63, 3.8) is 0 Å². The van der Waals surface area contributed by atoms with E-state index in [0.717, 1.165) is 18.4 Å². The topological polar surface area (TPSA) is 92.6 Å². The van der Waals surface area contributed by atoms with Crippen molar-refractivity contribution in [2.75, 3.05) is 13.1 Å². The molecule has 1 N–H and O–H groups in total. The van der Waals surface area contributed by atoms with Crippen LogP contribution in [-0.2, 0) is 22.4 Å². The zero-order chi connectivity index (χ0) is 22.6. The van der Waals surface area contributed by atoms with E-state index >= 15 is 0 Å². The van der Waals surface area contributed by atoms with Gasteiger partial charge in [0, 0.05) is 24.7 Å². The van der Waals surface area contributed by atoms with E-state index in [-0.39, 0.29) is 23.9 Å². The Morgan fingerprint density at radius 3 is 2.39 bits per heavy atom. The molecule has 2 aromatic rings.